The van der Waals surface area contributed by atoms with Crippen LogP contribution in [-0.4, -0.2) is 26.0 Å². The van der Waals surface area contributed by atoms with Gasteiger partial charge in [0.25, 0.3) is 5.91 Å². The smallest absolute Gasteiger partial charge is 0.289 e. The number of nitrogen functional groups attached to an aromatic ring is 1. The highest BCUT2D eigenvalue weighted by atomic mass is 35.5. The van der Waals surface area contributed by atoms with Crippen molar-refractivity contribution in [3.05, 3.63) is 81.3 Å². The summed E-state index contributed by atoms with van der Waals surface area (Å²) in [5, 5.41) is 14.9. The number of hydrogen-bond donors (Lipinski definition) is 3. The molecule has 0 bridgehead atoms. The predicted octanol–water partition coefficient (Wildman–Crippen LogP) is 4.22. The number of aromatic nitrogens is 3. The van der Waals surface area contributed by atoms with Crippen LogP contribution in [0.15, 0.2) is 40.9 Å². The molecule has 4 N–H and O–H groups in total. The van der Waals surface area contributed by atoms with E-state index in [4.69, 9.17) is 21.8 Å². The number of hydrogen-bond acceptors (Lipinski definition) is 7. The second-order valence-electron chi connectivity index (χ2n) is 8.81. The second-order valence-corrected chi connectivity index (χ2v) is 9.25. The number of carbonyl (C=O) groups is 1. The van der Waals surface area contributed by atoms with Gasteiger partial charge in [-0.1, -0.05) is 17.7 Å². The minimum atomic E-state index is -1.37. The summed E-state index contributed by atoms with van der Waals surface area (Å²) in [4.78, 5) is 26.0. The molecule has 0 aliphatic carbocycles. The molecule has 0 aliphatic heterocycles. The Morgan fingerprint density at radius 3 is 2.68 bits per heavy atom. The lowest BCUT2D eigenvalue weighted by molar-refractivity contribution is 0.0691. The quantitative estimate of drug-likeness (QED) is 0.377. The summed E-state index contributed by atoms with van der Waals surface area (Å²) in [5.74, 6) is 0.256. The number of nitrogens with two attached hydrogens (primary N) is 1. The lowest BCUT2D eigenvalue weighted by atomic mass is 10.0. The Balaban J connectivity index is 1.59. The van der Waals surface area contributed by atoms with E-state index >= 15 is 0 Å². The van der Waals surface area contributed by atoms with E-state index in [1.807, 2.05) is 38.1 Å². The number of rotatable bonds is 6. The molecular formula is C25H26ClN5O3. The highest BCUT2D eigenvalue weighted by molar-refractivity contribution is 6.31. The summed E-state index contributed by atoms with van der Waals surface area (Å²) >= 11 is 6.07. The van der Waals surface area contributed by atoms with Gasteiger partial charge < -0.3 is 20.6 Å². The number of benzene rings is 1. The summed E-state index contributed by atoms with van der Waals surface area (Å²) in [7, 11) is 0. The first-order valence-electron chi connectivity index (χ1n) is 10.8. The molecule has 8 nitrogen and oxygen atoms in total. The Kier molecular flexibility index (Phi) is 6.29. The predicted molar refractivity (Wildman–Crippen MR) is 131 cm³/mol. The number of nitrogens with zero attached hydrogens (tertiary/aromatic N) is 3. The van der Waals surface area contributed by atoms with Crippen LogP contribution in [0.5, 0.6) is 0 Å². The zero-order valence-electron chi connectivity index (χ0n) is 19.4. The molecule has 4 aromatic rings. The fourth-order valence-corrected chi connectivity index (χ4v) is 4.02. The number of halogens is 1. The van der Waals surface area contributed by atoms with E-state index in [1.54, 1.807) is 26.1 Å². The molecule has 176 valence electrons. The second kappa shape index (κ2) is 9.04. The largest absolute Gasteiger partial charge is 0.435 e. The summed E-state index contributed by atoms with van der Waals surface area (Å²) in [5.41, 5.74) is 8.86. The summed E-state index contributed by atoms with van der Waals surface area (Å²) in [6.45, 7) is 7.11. The Bertz CT molecular complexity index is 1370. The van der Waals surface area contributed by atoms with Crippen molar-refractivity contribution in [2.45, 2.75) is 46.3 Å². The highest BCUT2D eigenvalue weighted by Crippen LogP contribution is 2.26. The molecule has 3 heterocycles. The maximum Gasteiger partial charge on any atom is 0.289 e. The number of oxazole rings is 1. The van der Waals surface area contributed by atoms with Crippen LogP contribution >= 0.6 is 11.6 Å². The number of amides is 1. The van der Waals surface area contributed by atoms with E-state index in [-0.39, 0.29) is 18.0 Å². The molecule has 0 saturated heterocycles. The van der Waals surface area contributed by atoms with Crippen LogP contribution in [0.1, 0.15) is 58.4 Å². The fourth-order valence-electron chi connectivity index (χ4n) is 3.85. The van der Waals surface area contributed by atoms with E-state index in [9.17, 15) is 9.90 Å². The minimum Gasteiger partial charge on any atom is -0.435 e. The number of carbonyl (C=O) groups excluding carboxylic acids is 1. The van der Waals surface area contributed by atoms with Crippen LogP contribution in [0.25, 0.3) is 10.9 Å². The summed E-state index contributed by atoms with van der Waals surface area (Å²) in [6, 6.07) is 9.34. The standard InChI is InChI=1S/C25H26ClN5O3/c1-13-7-20(27)30-14(2)18(13)12-29-24(32)22-23(25(3,4)33)31-21(34-22)9-15-5-6-19-16(8-15)10-17(26)11-28-19/h5-8,10-11,33H,9,12H2,1-4H3,(H2,27,30)(H,29,32). The van der Waals surface area contributed by atoms with Crippen molar-refractivity contribution in [3.8, 4) is 0 Å². The average Bonchev–Trinajstić information content (AvgIpc) is 3.17. The third kappa shape index (κ3) is 5.03. The molecule has 0 aliphatic rings. The van der Waals surface area contributed by atoms with Crippen LogP contribution < -0.4 is 11.1 Å². The van der Waals surface area contributed by atoms with Crippen molar-refractivity contribution in [2.75, 3.05) is 5.73 Å². The maximum absolute atomic E-state index is 13.0. The molecule has 0 spiro atoms. The molecule has 9 heteroatoms. The average molecular weight is 480 g/mol. The third-order valence-corrected chi connectivity index (χ3v) is 5.73. The molecule has 0 radical (unpaired) electrons. The van der Waals surface area contributed by atoms with E-state index in [0.29, 0.717) is 23.2 Å². The van der Waals surface area contributed by atoms with E-state index in [1.165, 1.54) is 0 Å². The number of fused-ring (bicyclic) bond motifs is 1. The monoisotopic (exact) mass is 479 g/mol. The molecule has 34 heavy (non-hydrogen) atoms. The Morgan fingerprint density at radius 2 is 1.97 bits per heavy atom. The normalized spacial score (nSPS) is 11.7. The lowest BCUT2D eigenvalue weighted by Crippen LogP contribution is -2.28. The van der Waals surface area contributed by atoms with Crippen molar-refractivity contribution >= 4 is 34.2 Å². The van der Waals surface area contributed by atoms with Gasteiger partial charge >= 0.3 is 0 Å². The number of anilines is 1. The zero-order chi connectivity index (χ0) is 24.6. The molecule has 0 unspecified atom stereocenters. The van der Waals surface area contributed by atoms with Gasteiger partial charge in [-0.15, -0.1) is 0 Å². The van der Waals surface area contributed by atoms with Crippen LogP contribution in [0.4, 0.5) is 5.82 Å². The van der Waals surface area contributed by atoms with Crippen molar-refractivity contribution < 1.29 is 14.3 Å². The zero-order valence-corrected chi connectivity index (χ0v) is 20.2. The molecule has 3 aromatic heterocycles. The Labute approximate surface area is 202 Å². The van der Waals surface area contributed by atoms with Crippen LogP contribution in [-0.2, 0) is 18.6 Å². The Morgan fingerprint density at radius 1 is 1.21 bits per heavy atom. The summed E-state index contributed by atoms with van der Waals surface area (Å²) in [6.07, 6.45) is 1.93. The van der Waals surface area contributed by atoms with Crippen LogP contribution in [0, 0.1) is 13.8 Å². The number of aliphatic hydroxyl groups is 1. The fraction of sp³-hybridized carbons (Fsp3) is 0.280. The van der Waals surface area contributed by atoms with Crippen LogP contribution in [0.2, 0.25) is 5.02 Å². The Hall–Kier alpha value is -3.49. The van der Waals surface area contributed by atoms with E-state index in [2.05, 4.69) is 20.3 Å². The van der Waals surface area contributed by atoms with E-state index < -0.39 is 11.5 Å². The lowest BCUT2D eigenvalue weighted by Gasteiger charge is -2.15. The van der Waals surface area contributed by atoms with Gasteiger partial charge in [0, 0.05) is 30.2 Å². The van der Waals surface area contributed by atoms with Gasteiger partial charge in [0.2, 0.25) is 5.76 Å². The SMILES string of the molecule is Cc1cc(N)nc(C)c1CNC(=O)c1oc(Cc2ccc3ncc(Cl)cc3c2)nc1C(C)(C)O. The van der Waals surface area contributed by atoms with Gasteiger partial charge in [0.05, 0.1) is 10.5 Å². The molecule has 0 fully saturated rings. The first-order valence-corrected chi connectivity index (χ1v) is 11.2. The summed E-state index contributed by atoms with van der Waals surface area (Å²) < 4.78 is 5.85. The van der Waals surface area contributed by atoms with Gasteiger partial charge in [-0.05, 0) is 68.7 Å². The minimum absolute atomic E-state index is 0.0216. The van der Waals surface area contributed by atoms with Gasteiger partial charge in [-0.2, -0.15) is 0 Å². The van der Waals surface area contributed by atoms with Gasteiger partial charge in [0.1, 0.15) is 17.1 Å². The van der Waals surface area contributed by atoms with Crippen molar-refractivity contribution in [2.24, 2.45) is 0 Å². The third-order valence-electron chi connectivity index (χ3n) is 5.52. The number of aryl methyl sites for hydroxylation is 2. The van der Waals surface area contributed by atoms with Gasteiger partial charge in [-0.25, -0.2) is 9.97 Å². The van der Waals surface area contributed by atoms with Gasteiger partial charge in [0.15, 0.2) is 5.89 Å². The van der Waals surface area contributed by atoms with Crippen molar-refractivity contribution in [1.82, 2.24) is 20.3 Å². The molecule has 4 rings (SSSR count). The number of nitrogens with one attached hydrogen (secondary N) is 1. The van der Waals surface area contributed by atoms with Crippen LogP contribution in [0.3, 0.4) is 0 Å². The van der Waals surface area contributed by atoms with Crippen molar-refractivity contribution in [3.63, 3.8) is 0 Å². The molecule has 0 atom stereocenters. The molecule has 1 amide bonds. The number of pyridine rings is 2. The van der Waals surface area contributed by atoms with E-state index in [0.717, 1.165) is 33.3 Å². The first kappa shape index (κ1) is 23.7. The van der Waals surface area contributed by atoms with Gasteiger partial charge in [-0.3, -0.25) is 9.78 Å². The highest BCUT2D eigenvalue weighted by Gasteiger charge is 2.30. The maximum atomic E-state index is 13.0. The van der Waals surface area contributed by atoms with Crippen molar-refractivity contribution in [1.29, 1.82) is 0 Å². The molecule has 0 saturated carbocycles. The first-order chi connectivity index (χ1) is 16.0. The topological polar surface area (TPSA) is 127 Å². The molecule has 1 aromatic carbocycles. The molecular weight excluding hydrogens is 454 g/mol.